The van der Waals surface area contributed by atoms with Crippen molar-refractivity contribution in [2.45, 2.75) is 25.8 Å². The minimum Gasteiger partial charge on any atom is -0.351 e. The molecular weight excluding hydrogens is 252 g/mol. The fourth-order valence-electron chi connectivity index (χ4n) is 1.55. The van der Waals surface area contributed by atoms with E-state index in [2.05, 4.69) is 10.6 Å². The molecule has 7 heteroatoms. The lowest BCUT2D eigenvalue weighted by molar-refractivity contribution is -0.119. The van der Waals surface area contributed by atoms with Crippen LogP contribution in [0.15, 0.2) is 0 Å². The van der Waals surface area contributed by atoms with Crippen LogP contribution in [0.5, 0.6) is 0 Å². The van der Waals surface area contributed by atoms with E-state index in [9.17, 15) is 13.2 Å². The summed E-state index contributed by atoms with van der Waals surface area (Å²) < 4.78 is 22.3. The number of carbonyl (C=O) groups is 1. The Hall–Kier alpha value is -0.330. The first-order valence-corrected chi connectivity index (χ1v) is 7.06. The average Bonchev–Trinajstić information content (AvgIpc) is 2.18. The molecule has 1 fully saturated rings. The molecule has 0 aromatic heterocycles. The Morgan fingerprint density at radius 2 is 2.19 bits per heavy atom. The zero-order chi connectivity index (χ0) is 11.3. The van der Waals surface area contributed by atoms with Crippen LogP contribution >= 0.6 is 12.4 Å². The number of halogens is 1. The van der Waals surface area contributed by atoms with Crippen molar-refractivity contribution < 1.29 is 13.2 Å². The molecule has 1 saturated heterocycles. The Balaban J connectivity index is 0.00000225. The maximum Gasteiger partial charge on any atom is 0.235 e. The molecule has 2 N–H and O–H groups in total. The minimum atomic E-state index is -3.20. The van der Waals surface area contributed by atoms with E-state index in [0.29, 0.717) is 0 Å². The molecule has 0 bridgehead atoms. The van der Waals surface area contributed by atoms with Crippen molar-refractivity contribution in [2.24, 2.45) is 0 Å². The summed E-state index contributed by atoms with van der Waals surface area (Å²) in [4.78, 5) is 11.4. The third kappa shape index (κ3) is 5.67. The number of piperidine rings is 1. The van der Waals surface area contributed by atoms with Crippen molar-refractivity contribution in [3.8, 4) is 0 Å². The van der Waals surface area contributed by atoms with E-state index in [0.717, 1.165) is 25.9 Å². The van der Waals surface area contributed by atoms with Gasteiger partial charge in [0.25, 0.3) is 0 Å². The molecule has 0 saturated carbocycles. The number of hydrogen-bond donors (Lipinski definition) is 2. The van der Waals surface area contributed by atoms with Crippen molar-refractivity contribution >= 4 is 28.2 Å². The van der Waals surface area contributed by atoms with Crippen molar-refractivity contribution in [1.29, 1.82) is 0 Å². The molecule has 1 atom stereocenters. The lowest BCUT2D eigenvalue weighted by Crippen LogP contribution is -2.47. The molecule has 1 heterocycles. The third-order valence-electron chi connectivity index (χ3n) is 2.45. The predicted octanol–water partition coefficient (Wildman–Crippen LogP) is -0.289. The molecule has 1 unspecified atom stereocenters. The van der Waals surface area contributed by atoms with Gasteiger partial charge in [-0.25, -0.2) is 8.42 Å². The van der Waals surface area contributed by atoms with Crippen LogP contribution < -0.4 is 10.6 Å². The minimum absolute atomic E-state index is 0. The average molecular weight is 271 g/mol. The monoisotopic (exact) mass is 270 g/mol. The molecule has 1 aliphatic rings. The lowest BCUT2D eigenvalue weighted by atomic mass is 10.1. The van der Waals surface area contributed by atoms with Gasteiger partial charge in [0.15, 0.2) is 9.84 Å². The standard InChI is InChI=1S/C9H18N2O3S.ClH/c1-2-15(13,14)7-9(12)11-8-4-3-5-10-6-8;/h8,10H,2-7H2,1H3,(H,11,12);1H. The molecule has 0 aromatic carbocycles. The molecule has 0 aliphatic carbocycles. The normalized spacial score (nSPS) is 20.9. The van der Waals surface area contributed by atoms with Crippen LogP contribution in [0.3, 0.4) is 0 Å². The van der Waals surface area contributed by atoms with Crippen molar-refractivity contribution in [3.05, 3.63) is 0 Å². The predicted molar refractivity (Wildman–Crippen MR) is 65.6 cm³/mol. The molecule has 5 nitrogen and oxygen atoms in total. The summed E-state index contributed by atoms with van der Waals surface area (Å²) in [5.41, 5.74) is 0. The second kappa shape index (κ2) is 7.09. The first-order valence-electron chi connectivity index (χ1n) is 5.24. The van der Waals surface area contributed by atoms with Crippen LogP contribution in [0.1, 0.15) is 19.8 Å². The number of sulfone groups is 1. The van der Waals surface area contributed by atoms with Crippen LogP contribution in [-0.4, -0.2) is 45.0 Å². The van der Waals surface area contributed by atoms with Crippen LogP contribution in [0.4, 0.5) is 0 Å². The number of rotatable bonds is 4. The van der Waals surface area contributed by atoms with Gasteiger partial charge in [0.05, 0.1) is 0 Å². The number of carbonyl (C=O) groups excluding carboxylic acids is 1. The highest BCUT2D eigenvalue weighted by Crippen LogP contribution is 2.01. The van der Waals surface area contributed by atoms with E-state index in [1.807, 2.05) is 0 Å². The smallest absolute Gasteiger partial charge is 0.235 e. The van der Waals surface area contributed by atoms with Gasteiger partial charge in [-0.05, 0) is 19.4 Å². The molecule has 0 spiro atoms. The van der Waals surface area contributed by atoms with E-state index in [4.69, 9.17) is 0 Å². The zero-order valence-electron chi connectivity index (χ0n) is 9.36. The Labute approximate surface area is 103 Å². The molecule has 1 amide bonds. The zero-order valence-corrected chi connectivity index (χ0v) is 11.0. The fourth-order valence-corrected chi connectivity index (χ4v) is 2.23. The number of hydrogen-bond acceptors (Lipinski definition) is 4. The van der Waals surface area contributed by atoms with Gasteiger partial charge in [0, 0.05) is 18.3 Å². The molecule has 0 aromatic rings. The third-order valence-corrected chi connectivity index (χ3v) is 4.03. The van der Waals surface area contributed by atoms with E-state index >= 15 is 0 Å². The van der Waals surface area contributed by atoms with E-state index in [1.165, 1.54) is 0 Å². The van der Waals surface area contributed by atoms with E-state index < -0.39 is 9.84 Å². The Kier molecular flexibility index (Phi) is 6.94. The molecule has 96 valence electrons. The highest BCUT2D eigenvalue weighted by atomic mass is 35.5. The summed E-state index contributed by atoms with van der Waals surface area (Å²) in [6, 6.07) is 0.0818. The van der Waals surface area contributed by atoms with Crippen molar-refractivity contribution in [2.75, 3.05) is 24.6 Å². The first-order chi connectivity index (χ1) is 7.03. The van der Waals surface area contributed by atoms with Crippen LogP contribution in [-0.2, 0) is 14.6 Å². The van der Waals surface area contributed by atoms with Crippen LogP contribution in [0.25, 0.3) is 0 Å². The quantitative estimate of drug-likeness (QED) is 0.736. The largest absolute Gasteiger partial charge is 0.351 e. The molecule has 16 heavy (non-hydrogen) atoms. The number of amides is 1. The first kappa shape index (κ1) is 15.7. The Bertz CT molecular complexity index is 313. The summed E-state index contributed by atoms with van der Waals surface area (Å²) in [5, 5.41) is 5.88. The second-order valence-electron chi connectivity index (χ2n) is 3.79. The summed E-state index contributed by atoms with van der Waals surface area (Å²) in [5.74, 6) is -0.755. The Morgan fingerprint density at radius 3 is 2.69 bits per heavy atom. The topological polar surface area (TPSA) is 75.3 Å². The summed E-state index contributed by atoms with van der Waals surface area (Å²) in [6.07, 6.45) is 1.94. The van der Waals surface area contributed by atoms with E-state index in [-0.39, 0.29) is 35.9 Å². The fraction of sp³-hybridized carbons (Fsp3) is 0.889. The van der Waals surface area contributed by atoms with Crippen molar-refractivity contribution in [1.82, 2.24) is 10.6 Å². The molecular formula is C9H19ClN2O3S. The number of nitrogens with one attached hydrogen (secondary N) is 2. The van der Waals surface area contributed by atoms with Gasteiger partial charge in [-0.15, -0.1) is 12.4 Å². The maximum absolute atomic E-state index is 11.4. The van der Waals surface area contributed by atoms with Crippen molar-refractivity contribution in [3.63, 3.8) is 0 Å². The van der Waals surface area contributed by atoms with Gasteiger partial charge in [0.2, 0.25) is 5.91 Å². The summed E-state index contributed by atoms with van der Waals surface area (Å²) in [7, 11) is -3.20. The molecule has 1 rings (SSSR count). The Morgan fingerprint density at radius 1 is 1.50 bits per heavy atom. The van der Waals surface area contributed by atoms with Gasteiger partial charge in [0.1, 0.15) is 5.75 Å². The van der Waals surface area contributed by atoms with E-state index in [1.54, 1.807) is 6.92 Å². The van der Waals surface area contributed by atoms with Gasteiger partial charge in [-0.2, -0.15) is 0 Å². The van der Waals surface area contributed by atoms with Crippen LogP contribution in [0.2, 0.25) is 0 Å². The van der Waals surface area contributed by atoms with Gasteiger partial charge >= 0.3 is 0 Å². The van der Waals surface area contributed by atoms with Gasteiger partial charge < -0.3 is 10.6 Å². The SMILES string of the molecule is CCS(=O)(=O)CC(=O)NC1CCCNC1.Cl. The van der Waals surface area contributed by atoms with Gasteiger partial charge in [-0.1, -0.05) is 6.92 Å². The summed E-state index contributed by atoms with van der Waals surface area (Å²) in [6.45, 7) is 3.25. The molecule has 1 aliphatic heterocycles. The van der Waals surface area contributed by atoms with Gasteiger partial charge in [-0.3, -0.25) is 4.79 Å². The highest BCUT2D eigenvalue weighted by molar-refractivity contribution is 7.92. The molecule has 0 radical (unpaired) electrons. The summed E-state index contributed by atoms with van der Waals surface area (Å²) >= 11 is 0. The highest BCUT2D eigenvalue weighted by Gasteiger charge is 2.19. The maximum atomic E-state index is 11.4. The second-order valence-corrected chi connectivity index (χ2v) is 6.14. The lowest BCUT2D eigenvalue weighted by Gasteiger charge is -2.23. The van der Waals surface area contributed by atoms with Crippen LogP contribution in [0, 0.1) is 0 Å².